The molecular formula is C8H10NO3. The minimum Gasteiger partial charge on any atom is -0.367 e. The number of carbonyl (C=O) groups excluding carboxylic acids is 2. The molecule has 2 rings (SSSR count). The van der Waals surface area contributed by atoms with E-state index in [1.54, 1.807) is 0 Å². The van der Waals surface area contributed by atoms with Crippen molar-refractivity contribution in [3.05, 3.63) is 5.92 Å². The van der Waals surface area contributed by atoms with Crippen LogP contribution in [-0.2, 0) is 14.3 Å². The summed E-state index contributed by atoms with van der Waals surface area (Å²) in [5.41, 5.74) is 4.18. The Labute approximate surface area is 70.1 Å². The number of fused-ring (bicyclic) bond motifs is 1. The number of amides is 1. The third-order valence-electron chi connectivity index (χ3n) is 2.63. The van der Waals surface area contributed by atoms with Crippen molar-refractivity contribution in [3.8, 4) is 0 Å². The molecule has 1 heterocycles. The lowest BCUT2D eigenvalue weighted by molar-refractivity contribution is -0.135. The molecule has 0 spiro atoms. The highest BCUT2D eigenvalue weighted by atomic mass is 16.5. The summed E-state index contributed by atoms with van der Waals surface area (Å²) in [5, 5.41) is 0. The van der Waals surface area contributed by atoms with Crippen molar-refractivity contribution in [2.75, 3.05) is 6.61 Å². The lowest BCUT2D eigenvalue weighted by Gasteiger charge is -2.21. The van der Waals surface area contributed by atoms with Gasteiger partial charge in [0, 0.05) is 0 Å². The molecule has 12 heavy (non-hydrogen) atoms. The van der Waals surface area contributed by atoms with Gasteiger partial charge in [0.25, 0.3) is 5.91 Å². The van der Waals surface area contributed by atoms with Crippen LogP contribution >= 0.6 is 0 Å². The van der Waals surface area contributed by atoms with Crippen LogP contribution in [0, 0.1) is 5.92 Å². The van der Waals surface area contributed by atoms with Gasteiger partial charge in [-0.05, 0) is 19.3 Å². The third-order valence-corrected chi connectivity index (χ3v) is 2.63. The van der Waals surface area contributed by atoms with Gasteiger partial charge < -0.3 is 10.5 Å². The van der Waals surface area contributed by atoms with Crippen LogP contribution in [0.2, 0.25) is 0 Å². The predicted octanol–water partition coefficient (Wildman–Crippen LogP) is -0.432. The molecule has 2 aliphatic rings. The van der Waals surface area contributed by atoms with Gasteiger partial charge in [0.15, 0.2) is 11.4 Å². The Hall–Kier alpha value is -0.900. The van der Waals surface area contributed by atoms with Crippen molar-refractivity contribution >= 4 is 11.7 Å². The fourth-order valence-electron chi connectivity index (χ4n) is 2.01. The van der Waals surface area contributed by atoms with Gasteiger partial charge in [-0.1, -0.05) is 0 Å². The standard InChI is InChI=1S/C8H10NO3/c9-7(11)8-3-1-2-5(8)6(10)4-12-8/h1-4H2,(H2,9,11). The van der Waals surface area contributed by atoms with Crippen molar-refractivity contribution in [2.24, 2.45) is 5.73 Å². The molecule has 1 aliphatic carbocycles. The molecule has 1 aliphatic heterocycles. The second kappa shape index (κ2) is 2.29. The number of Topliss-reactive ketones (excluding diaryl/α,β-unsaturated/α-hetero) is 1. The summed E-state index contributed by atoms with van der Waals surface area (Å²) in [4.78, 5) is 22.3. The van der Waals surface area contributed by atoms with Crippen LogP contribution in [0.25, 0.3) is 0 Å². The molecule has 1 unspecified atom stereocenters. The molecule has 2 fully saturated rings. The Morgan fingerprint density at radius 2 is 2.33 bits per heavy atom. The quantitative estimate of drug-likeness (QED) is 0.577. The maximum atomic E-state index is 11.2. The highest BCUT2D eigenvalue weighted by Gasteiger charge is 2.57. The van der Waals surface area contributed by atoms with E-state index in [2.05, 4.69) is 0 Å². The fourth-order valence-corrected chi connectivity index (χ4v) is 2.01. The highest BCUT2D eigenvalue weighted by Crippen LogP contribution is 2.44. The van der Waals surface area contributed by atoms with Gasteiger partial charge in [-0.2, -0.15) is 0 Å². The second-order valence-corrected chi connectivity index (χ2v) is 3.24. The van der Waals surface area contributed by atoms with Crippen molar-refractivity contribution in [3.63, 3.8) is 0 Å². The van der Waals surface area contributed by atoms with Crippen LogP contribution in [0.5, 0.6) is 0 Å². The van der Waals surface area contributed by atoms with E-state index in [0.717, 1.165) is 6.42 Å². The van der Waals surface area contributed by atoms with E-state index >= 15 is 0 Å². The summed E-state index contributed by atoms with van der Waals surface area (Å²) < 4.78 is 5.18. The molecule has 1 saturated heterocycles. The van der Waals surface area contributed by atoms with E-state index in [9.17, 15) is 9.59 Å². The third kappa shape index (κ3) is 0.756. The van der Waals surface area contributed by atoms with E-state index in [1.807, 2.05) is 0 Å². The molecule has 65 valence electrons. The van der Waals surface area contributed by atoms with Crippen molar-refractivity contribution in [1.29, 1.82) is 0 Å². The second-order valence-electron chi connectivity index (χ2n) is 3.24. The molecule has 1 saturated carbocycles. The average molecular weight is 168 g/mol. The number of carbonyl (C=O) groups is 2. The maximum absolute atomic E-state index is 11.2. The fraction of sp³-hybridized carbons (Fsp3) is 0.625. The minimum atomic E-state index is -1.02. The molecule has 0 aromatic rings. The zero-order chi connectivity index (χ0) is 8.77. The monoisotopic (exact) mass is 168 g/mol. The largest absolute Gasteiger partial charge is 0.367 e. The Morgan fingerprint density at radius 3 is 2.92 bits per heavy atom. The molecular weight excluding hydrogens is 158 g/mol. The SMILES string of the molecule is NC(=O)C12CCC[C]1C(=O)CO2. The van der Waals surface area contributed by atoms with Gasteiger partial charge in [0.2, 0.25) is 0 Å². The highest BCUT2D eigenvalue weighted by molar-refractivity contribution is 6.06. The first-order chi connectivity index (χ1) is 5.67. The van der Waals surface area contributed by atoms with Gasteiger partial charge in [-0.25, -0.2) is 0 Å². The van der Waals surface area contributed by atoms with E-state index in [-0.39, 0.29) is 12.4 Å². The summed E-state index contributed by atoms with van der Waals surface area (Å²) in [7, 11) is 0. The molecule has 0 bridgehead atoms. The van der Waals surface area contributed by atoms with E-state index in [4.69, 9.17) is 10.5 Å². The summed E-state index contributed by atoms with van der Waals surface area (Å²) >= 11 is 0. The van der Waals surface area contributed by atoms with E-state index in [0.29, 0.717) is 18.8 Å². The van der Waals surface area contributed by atoms with Crippen molar-refractivity contribution < 1.29 is 14.3 Å². The molecule has 0 aromatic heterocycles. The number of ether oxygens (including phenoxy) is 1. The van der Waals surface area contributed by atoms with E-state index < -0.39 is 11.5 Å². The molecule has 0 aromatic carbocycles. The lowest BCUT2D eigenvalue weighted by atomic mass is 9.90. The predicted molar refractivity (Wildman–Crippen MR) is 40.0 cm³/mol. The smallest absolute Gasteiger partial charge is 0.250 e. The molecule has 1 radical (unpaired) electrons. The van der Waals surface area contributed by atoms with Gasteiger partial charge in [0.05, 0.1) is 5.92 Å². The normalized spacial score (nSPS) is 35.5. The van der Waals surface area contributed by atoms with Crippen LogP contribution in [0.1, 0.15) is 19.3 Å². The van der Waals surface area contributed by atoms with Crippen LogP contribution in [0.3, 0.4) is 0 Å². The molecule has 2 N–H and O–H groups in total. The molecule has 1 atom stereocenters. The minimum absolute atomic E-state index is 0.0261. The average Bonchev–Trinajstić information content (AvgIpc) is 2.53. The Bertz CT molecular complexity index is 251. The van der Waals surface area contributed by atoms with Gasteiger partial charge in [0.1, 0.15) is 6.61 Å². The van der Waals surface area contributed by atoms with Crippen LogP contribution < -0.4 is 5.73 Å². The zero-order valence-electron chi connectivity index (χ0n) is 6.63. The Morgan fingerprint density at radius 1 is 1.58 bits per heavy atom. The van der Waals surface area contributed by atoms with Gasteiger partial charge >= 0.3 is 0 Å². The van der Waals surface area contributed by atoms with E-state index in [1.165, 1.54) is 0 Å². The summed E-state index contributed by atoms with van der Waals surface area (Å²) in [6.45, 7) is 0.0261. The Balaban J connectivity index is 2.35. The molecule has 4 nitrogen and oxygen atoms in total. The first-order valence-electron chi connectivity index (χ1n) is 4.00. The maximum Gasteiger partial charge on any atom is 0.250 e. The first-order valence-corrected chi connectivity index (χ1v) is 4.00. The number of nitrogens with two attached hydrogens (primary N) is 1. The Kier molecular flexibility index (Phi) is 1.48. The molecule has 1 amide bonds. The molecule has 4 heteroatoms. The van der Waals surface area contributed by atoms with Crippen LogP contribution in [-0.4, -0.2) is 23.9 Å². The number of hydrogen-bond acceptors (Lipinski definition) is 3. The van der Waals surface area contributed by atoms with Crippen LogP contribution in [0.15, 0.2) is 0 Å². The number of rotatable bonds is 1. The topological polar surface area (TPSA) is 69.4 Å². The summed E-state index contributed by atoms with van der Waals surface area (Å²) in [6.07, 6.45) is 2.06. The van der Waals surface area contributed by atoms with Crippen LogP contribution in [0.4, 0.5) is 0 Å². The number of primary amides is 1. The zero-order valence-corrected chi connectivity index (χ0v) is 6.63. The lowest BCUT2D eigenvalue weighted by Crippen LogP contribution is -2.45. The van der Waals surface area contributed by atoms with Crippen molar-refractivity contribution in [2.45, 2.75) is 24.9 Å². The summed E-state index contributed by atoms with van der Waals surface area (Å²) in [5.74, 6) is 0.0298. The van der Waals surface area contributed by atoms with Crippen molar-refractivity contribution in [1.82, 2.24) is 0 Å². The van der Waals surface area contributed by atoms with Gasteiger partial charge in [-0.3, -0.25) is 9.59 Å². The number of ketones is 1. The summed E-state index contributed by atoms with van der Waals surface area (Å²) in [6, 6.07) is 0. The first kappa shape index (κ1) is 7.73. The number of hydrogen-bond donors (Lipinski definition) is 1. The van der Waals surface area contributed by atoms with Gasteiger partial charge in [-0.15, -0.1) is 0 Å².